The summed E-state index contributed by atoms with van der Waals surface area (Å²) >= 11 is 0. The Hall–Kier alpha value is -7.22. The molecule has 4 unspecified atom stereocenters. The van der Waals surface area contributed by atoms with Gasteiger partial charge in [-0.2, -0.15) is 0 Å². The molecule has 4 atom stereocenters. The summed E-state index contributed by atoms with van der Waals surface area (Å²) in [7, 11) is 0. The number of nitrogens with zero attached hydrogens (tertiary/aromatic N) is 4. The third kappa shape index (κ3) is 9.08. The first kappa shape index (κ1) is 46.2. The van der Waals surface area contributed by atoms with E-state index >= 15 is 0 Å². The fraction of sp³-hybridized carbons (Fsp3) is 0.404. The summed E-state index contributed by atoms with van der Waals surface area (Å²) in [6, 6.07) is 25.2. The Morgan fingerprint density at radius 3 is 1.80 bits per heavy atom. The molecule has 366 valence electrons. The zero-order valence-electron chi connectivity index (χ0n) is 40.5. The van der Waals surface area contributed by atoms with Crippen molar-refractivity contribution in [1.29, 1.82) is 0 Å². The lowest BCUT2D eigenvalue weighted by Gasteiger charge is -2.32. The Balaban J connectivity index is 0.812. The number of H-pyrrole nitrogens is 2. The van der Waals surface area contributed by atoms with Gasteiger partial charge in [0.1, 0.15) is 48.4 Å². The minimum absolute atomic E-state index is 0.0447. The van der Waals surface area contributed by atoms with E-state index in [2.05, 4.69) is 38.8 Å². The molecule has 2 aromatic heterocycles. The Morgan fingerprint density at radius 2 is 1.23 bits per heavy atom. The van der Waals surface area contributed by atoms with Gasteiger partial charge in [-0.05, 0) is 87.3 Å². The third-order valence-electron chi connectivity index (χ3n) is 15.4. The largest absolute Gasteiger partial charge is 0.488 e. The second kappa shape index (κ2) is 19.9. The molecule has 1 saturated heterocycles. The summed E-state index contributed by atoms with van der Waals surface area (Å²) in [6.45, 7) is 5.79. The van der Waals surface area contributed by atoms with Gasteiger partial charge in [0.2, 0.25) is 23.6 Å². The van der Waals surface area contributed by atoms with Crippen molar-refractivity contribution < 1.29 is 28.7 Å². The molecule has 0 bridgehead atoms. The molecular weight excluding hydrogens is 893 g/mol. The van der Waals surface area contributed by atoms with Crippen molar-refractivity contribution in [2.24, 2.45) is 11.8 Å². The van der Waals surface area contributed by atoms with Crippen LogP contribution in [0, 0.1) is 11.8 Å². The smallest absolute Gasteiger partial charge is 0.250 e. The summed E-state index contributed by atoms with van der Waals surface area (Å²) in [5.41, 5.74) is 8.98. The van der Waals surface area contributed by atoms with Crippen LogP contribution in [0.15, 0.2) is 97.3 Å². The zero-order valence-corrected chi connectivity index (χ0v) is 40.5. The van der Waals surface area contributed by atoms with E-state index in [1.807, 2.05) is 96.6 Å². The fourth-order valence-corrected chi connectivity index (χ4v) is 11.6. The summed E-state index contributed by atoms with van der Waals surface area (Å²) in [5, 5.41) is 6.28. The monoisotopic (exact) mass is 954 g/mol. The maximum Gasteiger partial charge on any atom is 0.250 e. The predicted octanol–water partition coefficient (Wildman–Crippen LogP) is 9.98. The molecule has 71 heavy (non-hydrogen) atoms. The van der Waals surface area contributed by atoms with Crippen molar-refractivity contribution in [3.63, 3.8) is 0 Å². The van der Waals surface area contributed by atoms with Crippen molar-refractivity contribution in [1.82, 2.24) is 40.4 Å². The first-order valence-corrected chi connectivity index (χ1v) is 25.7. The molecule has 3 fully saturated rings. The second-order valence-electron chi connectivity index (χ2n) is 20.0. The number of ether oxygens (including phenoxy) is 2. The molecule has 4 N–H and O–H groups in total. The Kier molecular flexibility index (Phi) is 12.9. The highest BCUT2D eigenvalue weighted by Gasteiger charge is 2.39. The Labute approximate surface area is 414 Å². The number of imidazole rings is 2. The van der Waals surface area contributed by atoms with Crippen LogP contribution in [-0.2, 0) is 32.4 Å². The fourth-order valence-electron chi connectivity index (χ4n) is 11.6. The molecule has 5 aliphatic rings. The highest BCUT2D eigenvalue weighted by atomic mass is 16.5. The Bertz CT molecular complexity index is 2890. The first-order chi connectivity index (χ1) is 34.7. The van der Waals surface area contributed by atoms with Crippen LogP contribution in [0.1, 0.15) is 143 Å². The van der Waals surface area contributed by atoms with Gasteiger partial charge in [0.25, 0.3) is 0 Å². The first-order valence-electron chi connectivity index (χ1n) is 25.7. The van der Waals surface area contributed by atoms with Gasteiger partial charge in [-0.25, -0.2) is 9.97 Å². The molecule has 14 nitrogen and oxygen atoms in total. The highest BCUT2D eigenvalue weighted by Crippen LogP contribution is 2.51. The number of carbonyl (C=O) groups excluding carboxylic acids is 4. The van der Waals surface area contributed by atoms with Gasteiger partial charge >= 0.3 is 0 Å². The van der Waals surface area contributed by atoms with Gasteiger partial charge < -0.3 is 39.9 Å². The van der Waals surface area contributed by atoms with Gasteiger partial charge in [0.15, 0.2) is 0 Å². The lowest BCUT2D eigenvalue weighted by Crippen LogP contribution is -2.45. The minimum Gasteiger partial charge on any atom is -0.488 e. The van der Waals surface area contributed by atoms with Crippen LogP contribution in [0.5, 0.6) is 11.5 Å². The lowest BCUT2D eigenvalue weighted by molar-refractivity contribution is -0.139. The van der Waals surface area contributed by atoms with Gasteiger partial charge in [-0.15, -0.1) is 0 Å². The van der Waals surface area contributed by atoms with Crippen LogP contribution >= 0.6 is 0 Å². The number of hydrogen-bond donors (Lipinski definition) is 4. The molecule has 0 spiro atoms. The van der Waals surface area contributed by atoms with E-state index in [0.717, 1.165) is 138 Å². The van der Waals surface area contributed by atoms with E-state index in [1.54, 1.807) is 6.20 Å². The van der Waals surface area contributed by atoms with Crippen LogP contribution in [-0.4, -0.2) is 66.5 Å². The van der Waals surface area contributed by atoms with Crippen molar-refractivity contribution in [2.75, 3.05) is 13.1 Å². The average molecular weight is 955 g/mol. The van der Waals surface area contributed by atoms with Crippen molar-refractivity contribution in [3.05, 3.63) is 131 Å². The molecular formula is C57H62N8O6. The molecule has 4 amide bonds. The van der Waals surface area contributed by atoms with Crippen LogP contribution < -0.4 is 20.1 Å². The lowest BCUT2D eigenvalue weighted by atomic mass is 9.87. The SMILES string of the molecule is CCCN(C(=O)C(NC(=O)C1CCCC1)c1ccccc1)C(C)c1ncc(-c2cc3c4c(c2)OCc2cc(-c5cnc(C6CCCN6C(=O)C(NC(=O)C6CCCC6)c6ccccc6)[nH]5)cc(c2-4)OC3)[nH]1. The van der Waals surface area contributed by atoms with Gasteiger partial charge in [0, 0.05) is 58.3 Å². The minimum atomic E-state index is -0.804. The summed E-state index contributed by atoms with van der Waals surface area (Å²) in [5.74, 6) is 2.39. The molecule has 3 aliphatic heterocycles. The topological polar surface area (TPSA) is 175 Å². The zero-order chi connectivity index (χ0) is 48.6. The van der Waals surface area contributed by atoms with E-state index in [4.69, 9.17) is 19.4 Å². The molecule has 5 heterocycles. The molecule has 2 aliphatic carbocycles. The quantitative estimate of drug-likeness (QED) is 0.0787. The van der Waals surface area contributed by atoms with Crippen molar-refractivity contribution in [2.45, 2.75) is 122 Å². The van der Waals surface area contributed by atoms with Crippen LogP contribution in [0.25, 0.3) is 33.6 Å². The van der Waals surface area contributed by atoms with E-state index in [9.17, 15) is 19.2 Å². The van der Waals surface area contributed by atoms with Crippen LogP contribution in [0.2, 0.25) is 0 Å². The van der Waals surface area contributed by atoms with Crippen molar-refractivity contribution >= 4 is 23.6 Å². The van der Waals surface area contributed by atoms with E-state index < -0.39 is 18.1 Å². The third-order valence-corrected chi connectivity index (χ3v) is 15.4. The van der Waals surface area contributed by atoms with Gasteiger partial charge in [-0.1, -0.05) is 93.3 Å². The molecule has 14 heteroatoms. The number of hydrogen-bond acceptors (Lipinski definition) is 8. The van der Waals surface area contributed by atoms with E-state index in [0.29, 0.717) is 38.0 Å². The maximum atomic E-state index is 14.5. The second-order valence-corrected chi connectivity index (χ2v) is 20.0. The standard InChI is InChI=1S/C57H62N8O6/c1-3-24-64(56(68)50(35-15-6-4-7-16-35)62-54(66)37-19-10-11-20-37)34(2)52-58-30-43(60-52)39-26-41-32-71-47-29-40(27-42-33-70-46(28-39)48(41)49(42)47)44-31-59-53(61-44)45-23-14-25-65(45)57(69)51(36-17-8-5-9-18-36)63-55(67)38-21-12-13-22-38/h4-9,15-18,26-31,34,37-38,45,50-51H,3,10-14,19-25,32-33H2,1-2H3,(H,58,60)(H,59,61)(H,62,66)(H,63,67). The normalized spacial score (nSPS) is 18.5. The Morgan fingerprint density at radius 1 is 0.690 bits per heavy atom. The highest BCUT2D eigenvalue weighted by molar-refractivity contribution is 5.92. The number of benzene rings is 4. The number of nitrogens with one attached hydrogen (secondary N) is 4. The predicted molar refractivity (Wildman–Crippen MR) is 268 cm³/mol. The molecule has 4 aromatic carbocycles. The van der Waals surface area contributed by atoms with Crippen LogP contribution in [0.3, 0.4) is 0 Å². The van der Waals surface area contributed by atoms with Gasteiger partial charge in [-0.3, -0.25) is 19.2 Å². The average Bonchev–Trinajstić information content (AvgIpc) is 4.28. The number of likely N-dealkylation sites (tertiary alicyclic amines) is 1. The van der Waals surface area contributed by atoms with Gasteiger partial charge in [0.05, 0.1) is 35.9 Å². The number of amides is 4. The van der Waals surface area contributed by atoms with Crippen LogP contribution in [0.4, 0.5) is 0 Å². The summed E-state index contributed by atoms with van der Waals surface area (Å²) < 4.78 is 13.1. The number of rotatable bonds is 15. The summed E-state index contributed by atoms with van der Waals surface area (Å²) in [4.78, 5) is 76.3. The number of aromatic nitrogens is 4. The molecule has 11 rings (SSSR count). The number of aromatic amines is 2. The van der Waals surface area contributed by atoms with E-state index in [-0.39, 0.29) is 41.5 Å². The molecule has 6 aromatic rings. The summed E-state index contributed by atoms with van der Waals surface area (Å²) in [6.07, 6.45) is 13.5. The number of carbonyl (C=O) groups is 4. The molecule has 2 saturated carbocycles. The molecule has 0 radical (unpaired) electrons. The maximum absolute atomic E-state index is 14.5. The van der Waals surface area contributed by atoms with Crippen molar-refractivity contribution in [3.8, 4) is 45.1 Å². The van der Waals surface area contributed by atoms with E-state index in [1.165, 1.54) is 0 Å².